The summed E-state index contributed by atoms with van der Waals surface area (Å²) in [4.78, 5) is 28.6. The largest absolute Gasteiger partial charge is 0.417 e. The van der Waals surface area contributed by atoms with E-state index in [-0.39, 0.29) is 18.0 Å². The van der Waals surface area contributed by atoms with E-state index in [0.29, 0.717) is 38.4 Å². The van der Waals surface area contributed by atoms with E-state index in [0.717, 1.165) is 12.5 Å². The predicted octanol–water partition coefficient (Wildman–Crippen LogP) is 4.74. The fourth-order valence-electron chi connectivity index (χ4n) is 4.42. The Morgan fingerprint density at radius 3 is 2.28 bits per heavy atom. The Bertz CT molecular complexity index is 714. The third-order valence-electron chi connectivity index (χ3n) is 6.09. The lowest BCUT2D eigenvalue weighted by Crippen LogP contribution is -2.38. The minimum absolute atomic E-state index is 0.0977. The van der Waals surface area contributed by atoms with Gasteiger partial charge in [-0.25, -0.2) is 0 Å². The summed E-state index contributed by atoms with van der Waals surface area (Å²) >= 11 is 0. The molecule has 1 aromatic rings. The SMILES string of the molecule is O=C(CCC1CCCCC1)N1CCCN(C(=O)c2ccccc2C(F)(F)F)CC1. The Hall–Kier alpha value is -2.05. The van der Waals surface area contributed by atoms with Crippen LogP contribution in [0.1, 0.15) is 67.3 Å². The Morgan fingerprint density at radius 1 is 0.897 bits per heavy atom. The van der Waals surface area contributed by atoms with E-state index in [4.69, 9.17) is 0 Å². The molecule has 1 heterocycles. The Balaban J connectivity index is 1.57. The number of halogens is 3. The first-order chi connectivity index (χ1) is 13.9. The van der Waals surface area contributed by atoms with Gasteiger partial charge >= 0.3 is 6.18 Å². The number of hydrogen-bond donors (Lipinski definition) is 0. The molecule has 0 N–H and O–H groups in total. The molecule has 0 aromatic heterocycles. The van der Waals surface area contributed by atoms with Crippen molar-refractivity contribution in [3.05, 3.63) is 35.4 Å². The molecule has 7 heteroatoms. The van der Waals surface area contributed by atoms with Crippen LogP contribution in [0.2, 0.25) is 0 Å². The van der Waals surface area contributed by atoms with Gasteiger partial charge in [-0.2, -0.15) is 13.2 Å². The standard InChI is InChI=1S/C22H29F3N2O2/c23-22(24,25)19-10-5-4-9-18(19)21(29)27-14-6-13-26(15-16-27)20(28)12-11-17-7-2-1-3-8-17/h4-5,9-10,17H,1-3,6-8,11-16H2. The van der Waals surface area contributed by atoms with Crippen molar-refractivity contribution in [2.24, 2.45) is 5.92 Å². The molecule has 1 aromatic carbocycles. The lowest BCUT2D eigenvalue weighted by molar-refractivity contribution is -0.138. The van der Waals surface area contributed by atoms with Crippen LogP contribution in [0.4, 0.5) is 13.2 Å². The van der Waals surface area contributed by atoms with Crippen molar-refractivity contribution >= 4 is 11.8 Å². The molecule has 0 radical (unpaired) electrons. The molecular formula is C22H29F3N2O2. The quantitative estimate of drug-likeness (QED) is 0.719. The van der Waals surface area contributed by atoms with Gasteiger partial charge in [-0.05, 0) is 30.9 Å². The van der Waals surface area contributed by atoms with Gasteiger partial charge in [0.1, 0.15) is 0 Å². The van der Waals surface area contributed by atoms with Crippen molar-refractivity contribution in [1.82, 2.24) is 9.80 Å². The summed E-state index contributed by atoms with van der Waals surface area (Å²) in [6.07, 6.45) is 3.64. The second-order valence-electron chi connectivity index (χ2n) is 8.11. The predicted molar refractivity (Wildman–Crippen MR) is 104 cm³/mol. The highest BCUT2D eigenvalue weighted by Crippen LogP contribution is 2.32. The lowest BCUT2D eigenvalue weighted by Gasteiger charge is -2.25. The van der Waals surface area contributed by atoms with Gasteiger partial charge in [-0.3, -0.25) is 9.59 Å². The van der Waals surface area contributed by atoms with Crippen molar-refractivity contribution in [3.8, 4) is 0 Å². The summed E-state index contributed by atoms with van der Waals surface area (Å²) in [5.41, 5.74) is -1.23. The zero-order valence-electron chi connectivity index (χ0n) is 16.7. The molecule has 3 rings (SSSR count). The molecule has 1 saturated heterocycles. The topological polar surface area (TPSA) is 40.6 Å². The minimum atomic E-state index is -4.57. The molecule has 1 aliphatic heterocycles. The van der Waals surface area contributed by atoms with Gasteiger partial charge in [-0.15, -0.1) is 0 Å². The van der Waals surface area contributed by atoms with Crippen LogP contribution in [0.15, 0.2) is 24.3 Å². The van der Waals surface area contributed by atoms with Gasteiger partial charge in [-0.1, -0.05) is 44.2 Å². The number of nitrogens with zero attached hydrogens (tertiary/aromatic N) is 2. The molecule has 29 heavy (non-hydrogen) atoms. The zero-order chi connectivity index (χ0) is 20.9. The summed E-state index contributed by atoms with van der Waals surface area (Å²) in [6.45, 7) is 1.55. The maximum atomic E-state index is 13.2. The highest BCUT2D eigenvalue weighted by molar-refractivity contribution is 5.96. The van der Waals surface area contributed by atoms with Gasteiger partial charge in [0.15, 0.2) is 0 Å². The van der Waals surface area contributed by atoms with Gasteiger partial charge < -0.3 is 9.80 Å². The molecule has 0 bridgehead atoms. The van der Waals surface area contributed by atoms with Crippen LogP contribution < -0.4 is 0 Å². The summed E-state index contributed by atoms with van der Waals surface area (Å²) < 4.78 is 39.7. The van der Waals surface area contributed by atoms with E-state index < -0.39 is 17.6 Å². The Morgan fingerprint density at radius 2 is 1.55 bits per heavy atom. The second kappa shape index (κ2) is 9.63. The molecule has 2 aliphatic rings. The van der Waals surface area contributed by atoms with E-state index in [9.17, 15) is 22.8 Å². The average molecular weight is 410 g/mol. The first kappa shape index (κ1) is 21.7. The third-order valence-corrected chi connectivity index (χ3v) is 6.09. The van der Waals surface area contributed by atoms with Crippen LogP contribution in [0, 0.1) is 5.92 Å². The fourth-order valence-corrected chi connectivity index (χ4v) is 4.42. The van der Waals surface area contributed by atoms with Crippen molar-refractivity contribution in [2.75, 3.05) is 26.2 Å². The number of hydrogen-bond acceptors (Lipinski definition) is 2. The van der Waals surface area contributed by atoms with Crippen LogP contribution in [0.5, 0.6) is 0 Å². The normalized spacial score (nSPS) is 19.1. The van der Waals surface area contributed by atoms with Crippen molar-refractivity contribution in [3.63, 3.8) is 0 Å². The van der Waals surface area contributed by atoms with Gasteiger partial charge in [0, 0.05) is 32.6 Å². The van der Waals surface area contributed by atoms with Crippen molar-refractivity contribution in [1.29, 1.82) is 0 Å². The van der Waals surface area contributed by atoms with E-state index in [1.54, 1.807) is 4.90 Å². The first-order valence-corrected chi connectivity index (χ1v) is 10.6. The molecule has 4 nitrogen and oxygen atoms in total. The van der Waals surface area contributed by atoms with Gasteiger partial charge in [0.05, 0.1) is 11.1 Å². The highest BCUT2D eigenvalue weighted by Gasteiger charge is 2.36. The number of alkyl halides is 3. The van der Waals surface area contributed by atoms with Crippen LogP contribution in [0.3, 0.4) is 0 Å². The van der Waals surface area contributed by atoms with Crippen LogP contribution in [0.25, 0.3) is 0 Å². The maximum absolute atomic E-state index is 13.2. The second-order valence-corrected chi connectivity index (χ2v) is 8.11. The van der Waals surface area contributed by atoms with Crippen LogP contribution >= 0.6 is 0 Å². The molecule has 0 unspecified atom stereocenters. The third kappa shape index (κ3) is 5.73. The summed E-state index contributed by atoms with van der Waals surface area (Å²) in [5.74, 6) is 0.117. The summed E-state index contributed by atoms with van der Waals surface area (Å²) in [6, 6.07) is 4.89. The van der Waals surface area contributed by atoms with E-state index in [1.807, 2.05) is 0 Å². The monoisotopic (exact) mass is 410 g/mol. The van der Waals surface area contributed by atoms with Crippen LogP contribution in [-0.4, -0.2) is 47.8 Å². The molecule has 0 atom stereocenters. The Labute approximate surface area is 170 Å². The molecular weight excluding hydrogens is 381 g/mol. The molecule has 2 amide bonds. The van der Waals surface area contributed by atoms with Crippen molar-refractivity contribution < 1.29 is 22.8 Å². The average Bonchev–Trinajstić information content (AvgIpc) is 2.98. The molecule has 0 spiro atoms. The minimum Gasteiger partial charge on any atom is -0.341 e. The highest BCUT2D eigenvalue weighted by atomic mass is 19.4. The maximum Gasteiger partial charge on any atom is 0.417 e. The van der Waals surface area contributed by atoms with Crippen molar-refractivity contribution in [2.45, 2.75) is 57.5 Å². The lowest BCUT2D eigenvalue weighted by atomic mass is 9.86. The number of rotatable bonds is 4. The van der Waals surface area contributed by atoms with E-state index >= 15 is 0 Å². The molecule has 1 aliphatic carbocycles. The first-order valence-electron chi connectivity index (χ1n) is 10.6. The van der Waals surface area contributed by atoms with E-state index in [2.05, 4.69) is 0 Å². The van der Waals surface area contributed by atoms with E-state index in [1.165, 1.54) is 55.2 Å². The Kier molecular flexibility index (Phi) is 7.19. The van der Waals surface area contributed by atoms with Gasteiger partial charge in [0.2, 0.25) is 5.91 Å². The smallest absolute Gasteiger partial charge is 0.341 e. The summed E-state index contributed by atoms with van der Waals surface area (Å²) in [5, 5.41) is 0. The molecule has 1 saturated carbocycles. The zero-order valence-corrected chi connectivity index (χ0v) is 16.7. The number of carbonyl (C=O) groups is 2. The van der Waals surface area contributed by atoms with Gasteiger partial charge in [0.25, 0.3) is 5.91 Å². The molecule has 2 fully saturated rings. The summed E-state index contributed by atoms with van der Waals surface area (Å²) in [7, 11) is 0. The number of amides is 2. The number of carbonyl (C=O) groups excluding carboxylic acids is 2. The van der Waals surface area contributed by atoms with Crippen LogP contribution in [-0.2, 0) is 11.0 Å². The number of benzene rings is 1. The molecule has 160 valence electrons. The fraction of sp³-hybridized carbons (Fsp3) is 0.636.